The van der Waals surface area contributed by atoms with Crippen LogP contribution in [0.1, 0.15) is 39.5 Å². The third kappa shape index (κ3) is 2.55. The topological polar surface area (TPSA) is 83.6 Å². The van der Waals surface area contributed by atoms with Gasteiger partial charge in [0.05, 0.1) is 10.8 Å². The van der Waals surface area contributed by atoms with E-state index in [1.165, 1.54) is 0 Å². The van der Waals surface area contributed by atoms with Gasteiger partial charge < -0.3 is 15.7 Å². The molecule has 5 nitrogen and oxygen atoms in total. The first-order valence-corrected chi connectivity index (χ1v) is 8.35. The molecule has 2 fully saturated rings. The molecule has 0 aromatic heterocycles. The van der Waals surface area contributed by atoms with Crippen molar-refractivity contribution in [2.45, 2.75) is 50.9 Å². The van der Waals surface area contributed by atoms with Crippen LogP contribution in [0.2, 0.25) is 0 Å². The van der Waals surface area contributed by atoms with Crippen LogP contribution in [0, 0.1) is 11.3 Å². The average Bonchev–Trinajstić information content (AvgIpc) is 3.05. The first-order chi connectivity index (χ1) is 9.43. The number of thioether (sulfide) groups is 1. The monoisotopic (exact) mass is 300 g/mol. The normalized spacial score (nSPS) is 29.1. The van der Waals surface area contributed by atoms with Gasteiger partial charge in [0, 0.05) is 12.3 Å². The molecule has 1 aliphatic carbocycles. The van der Waals surface area contributed by atoms with Gasteiger partial charge in [0.1, 0.15) is 6.04 Å². The summed E-state index contributed by atoms with van der Waals surface area (Å²) in [5.74, 6) is -0.220. The van der Waals surface area contributed by atoms with E-state index in [4.69, 9.17) is 5.73 Å². The zero-order chi connectivity index (χ0) is 14.9. The molecule has 1 aliphatic heterocycles. The van der Waals surface area contributed by atoms with Gasteiger partial charge in [-0.3, -0.25) is 4.79 Å². The molecule has 1 heterocycles. The van der Waals surface area contributed by atoms with Crippen LogP contribution in [-0.2, 0) is 9.59 Å². The fraction of sp³-hybridized carbons (Fsp3) is 0.857. The summed E-state index contributed by atoms with van der Waals surface area (Å²) in [6, 6.07) is -0.705. The van der Waals surface area contributed by atoms with Gasteiger partial charge in [0.2, 0.25) is 5.91 Å². The Morgan fingerprint density at radius 3 is 2.45 bits per heavy atom. The molecule has 6 heteroatoms. The Hall–Kier alpha value is -0.750. The predicted molar refractivity (Wildman–Crippen MR) is 79.3 cm³/mol. The van der Waals surface area contributed by atoms with E-state index in [1.807, 2.05) is 13.8 Å². The van der Waals surface area contributed by atoms with E-state index >= 15 is 0 Å². The molecule has 3 N–H and O–H groups in total. The van der Waals surface area contributed by atoms with Crippen molar-refractivity contribution in [3.8, 4) is 0 Å². The number of carbonyl (C=O) groups is 2. The summed E-state index contributed by atoms with van der Waals surface area (Å²) in [5.41, 5.74) is 5.36. The molecule has 0 spiro atoms. The second kappa shape index (κ2) is 5.93. The van der Waals surface area contributed by atoms with Gasteiger partial charge in [-0.1, -0.05) is 26.7 Å². The van der Waals surface area contributed by atoms with Crippen molar-refractivity contribution in [2.24, 2.45) is 17.1 Å². The SMILES string of the molecule is CC(C)C1SCC(C(=O)O)N1C(=O)C1(CN)CCCC1. The molecule has 0 bridgehead atoms. The minimum atomic E-state index is -0.904. The zero-order valence-electron chi connectivity index (χ0n) is 12.2. The molecular formula is C14H24N2O3S. The molecule has 2 aliphatic rings. The standard InChI is InChI=1S/C14H24N2O3S/c1-9(2)11-16(10(7-20-11)12(17)18)13(19)14(8-15)5-3-4-6-14/h9-11H,3-8,15H2,1-2H3,(H,17,18). The summed E-state index contributed by atoms with van der Waals surface area (Å²) in [6.07, 6.45) is 3.60. The molecule has 1 amide bonds. The van der Waals surface area contributed by atoms with E-state index in [-0.39, 0.29) is 17.2 Å². The van der Waals surface area contributed by atoms with E-state index in [2.05, 4.69) is 0 Å². The van der Waals surface area contributed by atoms with Gasteiger partial charge in [-0.15, -0.1) is 11.8 Å². The summed E-state index contributed by atoms with van der Waals surface area (Å²) in [5, 5.41) is 9.34. The van der Waals surface area contributed by atoms with Gasteiger partial charge in [-0.05, 0) is 18.8 Å². The first-order valence-electron chi connectivity index (χ1n) is 7.30. The van der Waals surface area contributed by atoms with Crippen molar-refractivity contribution in [3.05, 3.63) is 0 Å². The van der Waals surface area contributed by atoms with Crippen molar-refractivity contribution in [1.29, 1.82) is 0 Å². The molecule has 0 radical (unpaired) electrons. The molecular weight excluding hydrogens is 276 g/mol. The van der Waals surface area contributed by atoms with Crippen molar-refractivity contribution in [1.82, 2.24) is 4.90 Å². The number of aliphatic carboxylic acids is 1. The number of nitrogens with zero attached hydrogens (tertiary/aromatic N) is 1. The molecule has 2 rings (SSSR count). The van der Waals surface area contributed by atoms with Crippen LogP contribution < -0.4 is 5.73 Å². The molecule has 114 valence electrons. The highest BCUT2D eigenvalue weighted by Gasteiger charge is 2.50. The second-order valence-corrected chi connectivity index (χ2v) is 7.38. The summed E-state index contributed by atoms with van der Waals surface area (Å²) >= 11 is 1.57. The Balaban J connectivity index is 2.29. The number of hydrogen-bond acceptors (Lipinski definition) is 4. The maximum atomic E-state index is 13.0. The summed E-state index contributed by atoms with van der Waals surface area (Å²) in [6.45, 7) is 4.39. The van der Waals surface area contributed by atoms with E-state index in [9.17, 15) is 14.7 Å². The van der Waals surface area contributed by atoms with Crippen LogP contribution in [0.4, 0.5) is 0 Å². The van der Waals surface area contributed by atoms with Gasteiger partial charge in [-0.2, -0.15) is 0 Å². The zero-order valence-corrected chi connectivity index (χ0v) is 13.0. The van der Waals surface area contributed by atoms with E-state index in [0.717, 1.165) is 25.7 Å². The minimum Gasteiger partial charge on any atom is -0.480 e. The summed E-state index contributed by atoms with van der Waals surface area (Å²) < 4.78 is 0. The van der Waals surface area contributed by atoms with Crippen molar-refractivity contribution in [2.75, 3.05) is 12.3 Å². The molecule has 2 atom stereocenters. The molecule has 20 heavy (non-hydrogen) atoms. The maximum absolute atomic E-state index is 13.0. The number of carboxylic acid groups (broad SMARTS) is 1. The second-order valence-electron chi connectivity index (χ2n) is 6.23. The van der Waals surface area contributed by atoms with Gasteiger partial charge >= 0.3 is 5.97 Å². The van der Waals surface area contributed by atoms with Crippen LogP contribution in [0.5, 0.6) is 0 Å². The highest BCUT2D eigenvalue weighted by Crippen LogP contribution is 2.43. The van der Waals surface area contributed by atoms with Crippen LogP contribution in [0.25, 0.3) is 0 Å². The lowest BCUT2D eigenvalue weighted by molar-refractivity contribution is -0.154. The van der Waals surface area contributed by atoms with Crippen molar-refractivity contribution in [3.63, 3.8) is 0 Å². The number of carboxylic acids is 1. The fourth-order valence-corrected chi connectivity index (χ4v) is 4.79. The fourth-order valence-electron chi connectivity index (χ4n) is 3.32. The van der Waals surface area contributed by atoms with Gasteiger partial charge in [0.15, 0.2) is 0 Å². The molecule has 0 aromatic carbocycles. The van der Waals surface area contributed by atoms with Crippen LogP contribution in [0.3, 0.4) is 0 Å². The Bertz CT molecular complexity index is 394. The Kier molecular flexibility index (Phi) is 4.64. The predicted octanol–water partition coefficient (Wildman–Crippen LogP) is 1.52. The first kappa shape index (κ1) is 15.6. The summed E-state index contributed by atoms with van der Waals surface area (Å²) in [4.78, 5) is 26.1. The number of rotatable bonds is 4. The minimum absolute atomic E-state index is 0.0337. The molecule has 2 unspecified atom stereocenters. The van der Waals surface area contributed by atoms with E-state index in [1.54, 1.807) is 16.7 Å². The number of carbonyl (C=O) groups excluding carboxylic acids is 1. The number of hydrogen-bond donors (Lipinski definition) is 2. The highest BCUT2D eigenvalue weighted by atomic mass is 32.2. The third-order valence-electron chi connectivity index (χ3n) is 4.53. The number of nitrogens with two attached hydrogens (primary N) is 1. The maximum Gasteiger partial charge on any atom is 0.327 e. The Morgan fingerprint density at radius 1 is 1.40 bits per heavy atom. The quantitative estimate of drug-likeness (QED) is 0.822. The highest BCUT2D eigenvalue weighted by molar-refractivity contribution is 8.00. The van der Waals surface area contributed by atoms with Crippen LogP contribution >= 0.6 is 11.8 Å². The van der Waals surface area contributed by atoms with E-state index in [0.29, 0.717) is 12.3 Å². The lowest BCUT2D eigenvalue weighted by atomic mass is 9.84. The summed E-state index contributed by atoms with van der Waals surface area (Å²) in [7, 11) is 0. The van der Waals surface area contributed by atoms with Gasteiger partial charge in [0.25, 0.3) is 0 Å². The molecule has 1 saturated carbocycles. The largest absolute Gasteiger partial charge is 0.480 e. The smallest absolute Gasteiger partial charge is 0.327 e. The average molecular weight is 300 g/mol. The Morgan fingerprint density at radius 2 is 2.00 bits per heavy atom. The third-order valence-corrected chi connectivity index (χ3v) is 6.15. The van der Waals surface area contributed by atoms with Crippen molar-refractivity contribution >= 4 is 23.6 Å². The number of amides is 1. The van der Waals surface area contributed by atoms with Gasteiger partial charge in [-0.25, -0.2) is 4.79 Å². The van der Waals surface area contributed by atoms with E-state index < -0.39 is 17.4 Å². The van der Waals surface area contributed by atoms with Crippen LogP contribution in [-0.4, -0.2) is 45.6 Å². The Labute approximate surface area is 124 Å². The van der Waals surface area contributed by atoms with Crippen molar-refractivity contribution < 1.29 is 14.7 Å². The molecule has 0 aromatic rings. The van der Waals surface area contributed by atoms with Crippen LogP contribution in [0.15, 0.2) is 0 Å². The molecule has 1 saturated heterocycles. The lowest BCUT2D eigenvalue weighted by Crippen LogP contribution is -2.54. The lowest BCUT2D eigenvalue weighted by Gasteiger charge is -2.37.